The summed E-state index contributed by atoms with van der Waals surface area (Å²) in [6.45, 7) is 0. The third-order valence-electron chi connectivity index (χ3n) is 11.3. The van der Waals surface area contributed by atoms with E-state index < -0.39 is 5.41 Å². The molecule has 0 saturated heterocycles. The van der Waals surface area contributed by atoms with E-state index in [-0.39, 0.29) is 0 Å². The average molecular weight is 714 g/mol. The fraction of sp³-hybridized carbons (Fsp3) is 0.0182. The Kier molecular flexibility index (Phi) is 8.46. The molecule has 1 heteroatoms. The predicted molar refractivity (Wildman–Crippen MR) is 235 cm³/mol. The molecule has 0 saturated carbocycles. The Bertz CT molecular complexity index is 2740. The van der Waals surface area contributed by atoms with Crippen molar-refractivity contribution in [2.24, 2.45) is 0 Å². The van der Waals surface area contributed by atoms with Gasteiger partial charge < -0.3 is 4.90 Å². The van der Waals surface area contributed by atoms with Gasteiger partial charge in [-0.2, -0.15) is 0 Å². The van der Waals surface area contributed by atoms with Crippen LogP contribution in [0.5, 0.6) is 0 Å². The fourth-order valence-electron chi connectivity index (χ4n) is 8.87. The Morgan fingerprint density at radius 2 is 0.750 bits per heavy atom. The SMILES string of the molecule is c1ccc(-c2ccc(-c3ccccc3)c(-c3ccc4c(c3)C(c3ccccc3)(c3cccc(N(c5ccccc5)c5ccccc5)c3)c3ccccc3-4)c2)cc1. The second kappa shape index (κ2) is 14.2. The molecule has 9 aromatic carbocycles. The normalized spacial score (nSPS) is 14.1. The molecule has 0 bridgehead atoms. The number of para-hydroxylation sites is 2. The third-order valence-corrected chi connectivity index (χ3v) is 11.3. The molecule has 9 aromatic rings. The number of anilines is 3. The molecular formula is C55H39N. The first-order valence-corrected chi connectivity index (χ1v) is 19.3. The topological polar surface area (TPSA) is 3.24 Å². The molecule has 1 nitrogen and oxygen atoms in total. The van der Waals surface area contributed by atoms with Crippen molar-refractivity contribution in [3.63, 3.8) is 0 Å². The summed E-state index contributed by atoms with van der Waals surface area (Å²) in [7, 11) is 0. The van der Waals surface area contributed by atoms with Crippen molar-refractivity contribution in [1.82, 2.24) is 0 Å². The highest BCUT2D eigenvalue weighted by Crippen LogP contribution is 2.57. The molecule has 1 aliphatic rings. The van der Waals surface area contributed by atoms with Crippen LogP contribution in [0.1, 0.15) is 22.3 Å². The summed E-state index contributed by atoms with van der Waals surface area (Å²) in [4.78, 5) is 2.36. The van der Waals surface area contributed by atoms with Gasteiger partial charge in [0.25, 0.3) is 0 Å². The van der Waals surface area contributed by atoms with E-state index in [9.17, 15) is 0 Å². The van der Waals surface area contributed by atoms with Gasteiger partial charge in [0.2, 0.25) is 0 Å². The first kappa shape index (κ1) is 33.4. The standard InChI is InChI=1S/C55H39N/c1-6-19-40(20-7-1)42-33-35-49(41-21-8-2-9-22-41)52(37-42)43-34-36-51-50-31-16-17-32-53(50)55(54(51)38-43,44-23-10-3-11-24-44)45-25-18-30-48(39-45)56(46-26-12-4-13-27-46)47-28-14-5-15-29-47/h1-39H. The van der Waals surface area contributed by atoms with Gasteiger partial charge in [0.15, 0.2) is 0 Å². The van der Waals surface area contributed by atoms with E-state index in [1.165, 1.54) is 66.8 Å². The highest BCUT2D eigenvalue weighted by atomic mass is 15.1. The number of fused-ring (bicyclic) bond motifs is 3. The summed E-state index contributed by atoms with van der Waals surface area (Å²) in [6.07, 6.45) is 0. The van der Waals surface area contributed by atoms with Crippen LogP contribution in [0.2, 0.25) is 0 Å². The van der Waals surface area contributed by atoms with Gasteiger partial charge >= 0.3 is 0 Å². The quantitative estimate of drug-likeness (QED) is 0.152. The zero-order valence-electron chi connectivity index (χ0n) is 31.0. The lowest BCUT2D eigenvalue weighted by atomic mass is 9.67. The van der Waals surface area contributed by atoms with E-state index in [0.717, 1.165) is 17.1 Å². The van der Waals surface area contributed by atoms with Crippen LogP contribution in [0, 0.1) is 0 Å². The van der Waals surface area contributed by atoms with Gasteiger partial charge in [0.05, 0.1) is 5.41 Å². The molecule has 0 spiro atoms. The molecule has 0 aromatic heterocycles. The van der Waals surface area contributed by atoms with Crippen LogP contribution in [-0.4, -0.2) is 0 Å². The molecule has 0 aliphatic heterocycles. The molecular weight excluding hydrogens is 675 g/mol. The first-order valence-electron chi connectivity index (χ1n) is 19.3. The second-order valence-electron chi connectivity index (χ2n) is 14.5. The Morgan fingerprint density at radius 3 is 1.43 bits per heavy atom. The van der Waals surface area contributed by atoms with Gasteiger partial charge in [-0.1, -0.05) is 188 Å². The maximum Gasteiger partial charge on any atom is 0.0714 e. The lowest BCUT2D eigenvalue weighted by Crippen LogP contribution is -2.29. The molecule has 0 radical (unpaired) electrons. The summed E-state index contributed by atoms with van der Waals surface area (Å²) < 4.78 is 0. The fourth-order valence-corrected chi connectivity index (χ4v) is 8.87. The molecule has 264 valence electrons. The van der Waals surface area contributed by atoms with E-state index >= 15 is 0 Å². The summed E-state index contributed by atoms with van der Waals surface area (Å²) >= 11 is 0. The summed E-state index contributed by atoms with van der Waals surface area (Å²) in [5.74, 6) is 0. The lowest BCUT2D eigenvalue weighted by Gasteiger charge is -2.35. The minimum atomic E-state index is -0.581. The number of rotatable bonds is 8. The van der Waals surface area contributed by atoms with Crippen LogP contribution in [0.4, 0.5) is 17.1 Å². The monoisotopic (exact) mass is 713 g/mol. The smallest absolute Gasteiger partial charge is 0.0714 e. The van der Waals surface area contributed by atoms with Crippen molar-refractivity contribution in [3.8, 4) is 44.5 Å². The zero-order valence-corrected chi connectivity index (χ0v) is 31.0. The number of nitrogens with zero attached hydrogens (tertiary/aromatic N) is 1. The van der Waals surface area contributed by atoms with E-state index in [1.807, 2.05) is 0 Å². The molecule has 1 atom stereocenters. The summed E-state index contributed by atoms with van der Waals surface area (Å²) in [5.41, 5.74) is 17.6. The summed E-state index contributed by atoms with van der Waals surface area (Å²) in [5, 5.41) is 0. The number of benzene rings is 9. The third kappa shape index (κ3) is 5.65. The van der Waals surface area contributed by atoms with E-state index in [2.05, 4.69) is 241 Å². The van der Waals surface area contributed by atoms with Gasteiger partial charge in [0, 0.05) is 17.1 Å². The van der Waals surface area contributed by atoms with Crippen molar-refractivity contribution in [1.29, 1.82) is 0 Å². The van der Waals surface area contributed by atoms with E-state index in [0.29, 0.717) is 0 Å². The molecule has 56 heavy (non-hydrogen) atoms. The van der Waals surface area contributed by atoms with Crippen molar-refractivity contribution < 1.29 is 0 Å². The number of hydrogen-bond donors (Lipinski definition) is 0. The molecule has 0 heterocycles. The van der Waals surface area contributed by atoms with Crippen LogP contribution < -0.4 is 4.90 Å². The van der Waals surface area contributed by atoms with Gasteiger partial charge in [-0.05, 0) is 115 Å². The van der Waals surface area contributed by atoms with Crippen LogP contribution in [-0.2, 0) is 5.41 Å². The zero-order chi connectivity index (χ0) is 37.3. The summed E-state index contributed by atoms with van der Waals surface area (Å²) in [6, 6.07) is 86.3. The maximum atomic E-state index is 2.48. The van der Waals surface area contributed by atoms with Crippen LogP contribution in [0.15, 0.2) is 237 Å². The van der Waals surface area contributed by atoms with E-state index in [1.54, 1.807) is 0 Å². The van der Waals surface area contributed by atoms with Crippen LogP contribution >= 0.6 is 0 Å². The molecule has 1 unspecified atom stereocenters. The number of hydrogen-bond acceptors (Lipinski definition) is 1. The largest absolute Gasteiger partial charge is 0.310 e. The maximum absolute atomic E-state index is 2.48. The Labute approximate surface area is 329 Å². The minimum absolute atomic E-state index is 0.581. The second-order valence-corrected chi connectivity index (χ2v) is 14.5. The van der Waals surface area contributed by atoms with Crippen molar-refractivity contribution >= 4 is 17.1 Å². The Hall–Kier alpha value is -7.22. The molecule has 10 rings (SSSR count). The molecule has 0 amide bonds. The Morgan fingerprint density at radius 1 is 0.250 bits per heavy atom. The van der Waals surface area contributed by atoms with Crippen LogP contribution in [0.25, 0.3) is 44.5 Å². The lowest BCUT2D eigenvalue weighted by molar-refractivity contribution is 0.768. The van der Waals surface area contributed by atoms with Gasteiger partial charge in [-0.25, -0.2) is 0 Å². The molecule has 0 fully saturated rings. The highest BCUT2D eigenvalue weighted by Gasteiger charge is 2.46. The molecule has 0 N–H and O–H groups in total. The first-order chi connectivity index (χ1) is 27.8. The minimum Gasteiger partial charge on any atom is -0.310 e. The average Bonchev–Trinajstić information content (AvgIpc) is 3.58. The van der Waals surface area contributed by atoms with Crippen molar-refractivity contribution in [3.05, 3.63) is 259 Å². The molecule has 1 aliphatic carbocycles. The van der Waals surface area contributed by atoms with Crippen LogP contribution in [0.3, 0.4) is 0 Å². The van der Waals surface area contributed by atoms with Gasteiger partial charge in [-0.3, -0.25) is 0 Å². The predicted octanol–water partition coefficient (Wildman–Crippen LogP) is 14.5. The van der Waals surface area contributed by atoms with E-state index in [4.69, 9.17) is 0 Å². The van der Waals surface area contributed by atoms with Gasteiger partial charge in [-0.15, -0.1) is 0 Å². The van der Waals surface area contributed by atoms with Crippen molar-refractivity contribution in [2.45, 2.75) is 5.41 Å². The van der Waals surface area contributed by atoms with Crippen molar-refractivity contribution in [2.75, 3.05) is 4.90 Å². The Balaban J connectivity index is 1.24. The highest BCUT2D eigenvalue weighted by molar-refractivity contribution is 5.92. The van der Waals surface area contributed by atoms with Gasteiger partial charge in [0.1, 0.15) is 0 Å².